The molecule has 8 heteroatoms. The van der Waals surface area contributed by atoms with Gasteiger partial charge < -0.3 is 19.7 Å². The number of piperidine rings is 2. The normalized spacial score (nSPS) is 38.4. The Morgan fingerprint density at radius 3 is 2.76 bits per heavy atom. The zero-order chi connectivity index (χ0) is 20.7. The van der Waals surface area contributed by atoms with Crippen LogP contribution >= 0.6 is 0 Å². The number of carbonyl (C=O) groups excluding carboxylic acids is 2. The van der Waals surface area contributed by atoms with Crippen molar-refractivity contribution < 1.29 is 29.3 Å². The van der Waals surface area contributed by atoms with Gasteiger partial charge in [-0.3, -0.25) is 19.4 Å². The number of amides is 1. The number of esters is 1. The van der Waals surface area contributed by atoms with Crippen LogP contribution in [0.3, 0.4) is 0 Å². The van der Waals surface area contributed by atoms with E-state index in [0.717, 1.165) is 0 Å². The van der Waals surface area contributed by atoms with Gasteiger partial charge in [-0.2, -0.15) is 0 Å². The van der Waals surface area contributed by atoms with Crippen molar-refractivity contribution in [3.8, 4) is 5.75 Å². The van der Waals surface area contributed by atoms with Gasteiger partial charge >= 0.3 is 5.97 Å². The fraction of sp³-hybridized carbons (Fsp3) is 0.619. The van der Waals surface area contributed by atoms with Gasteiger partial charge in [0.25, 0.3) is 0 Å². The first-order valence-corrected chi connectivity index (χ1v) is 10.1. The maximum Gasteiger partial charge on any atom is 0.312 e. The molecule has 0 aromatic heterocycles. The molecule has 0 radical (unpaired) electrons. The Bertz CT molecular complexity index is 903. The average Bonchev–Trinajstić information content (AvgIpc) is 3.10. The molecule has 4 aliphatic rings. The third kappa shape index (κ3) is 1.95. The molecule has 1 spiro atoms. The summed E-state index contributed by atoms with van der Waals surface area (Å²) in [5, 5.41) is 22.6. The second-order valence-corrected chi connectivity index (χ2v) is 8.64. The predicted octanol–water partition coefficient (Wildman–Crippen LogP) is 0.451. The highest BCUT2D eigenvalue weighted by atomic mass is 16.5. The van der Waals surface area contributed by atoms with Crippen LogP contribution < -0.4 is 9.64 Å². The second kappa shape index (κ2) is 5.93. The van der Waals surface area contributed by atoms with E-state index in [4.69, 9.17) is 9.47 Å². The van der Waals surface area contributed by atoms with Gasteiger partial charge in [0.2, 0.25) is 5.91 Å². The maximum atomic E-state index is 13.5. The molecular formula is C21H26N2O6. The summed E-state index contributed by atoms with van der Waals surface area (Å²) in [6.07, 6.45) is -0.196. The third-order valence-corrected chi connectivity index (χ3v) is 7.64. The number of benzene rings is 1. The molecule has 0 aliphatic carbocycles. The van der Waals surface area contributed by atoms with E-state index in [1.54, 1.807) is 24.0 Å². The summed E-state index contributed by atoms with van der Waals surface area (Å²) in [5.41, 5.74) is -1.54. The van der Waals surface area contributed by atoms with Gasteiger partial charge in [-0.15, -0.1) is 0 Å². The summed E-state index contributed by atoms with van der Waals surface area (Å²) in [4.78, 5) is 30.3. The number of nitrogens with zero attached hydrogens (tertiary/aromatic N) is 2. The largest absolute Gasteiger partial charge is 0.495 e. The molecule has 1 aromatic carbocycles. The highest BCUT2D eigenvalue weighted by Crippen LogP contribution is 2.67. The second-order valence-electron chi connectivity index (χ2n) is 8.64. The lowest BCUT2D eigenvalue weighted by atomic mass is 9.61. The van der Waals surface area contributed by atoms with Gasteiger partial charge in [-0.1, -0.05) is 12.1 Å². The molecule has 5 rings (SSSR count). The van der Waals surface area contributed by atoms with Crippen molar-refractivity contribution in [3.05, 3.63) is 23.8 Å². The minimum atomic E-state index is -1.42. The maximum absolute atomic E-state index is 13.5. The van der Waals surface area contributed by atoms with Crippen molar-refractivity contribution in [3.63, 3.8) is 0 Å². The summed E-state index contributed by atoms with van der Waals surface area (Å²) < 4.78 is 10.7. The van der Waals surface area contributed by atoms with Crippen molar-refractivity contribution in [2.75, 3.05) is 32.2 Å². The van der Waals surface area contributed by atoms with E-state index < -0.39 is 35.2 Å². The summed E-state index contributed by atoms with van der Waals surface area (Å²) in [6.45, 7) is 2.71. The number of aliphatic hydroxyl groups is 2. The molecular weight excluding hydrogens is 376 g/mol. The fourth-order valence-electron chi connectivity index (χ4n) is 6.61. The van der Waals surface area contributed by atoms with E-state index in [9.17, 15) is 19.8 Å². The minimum Gasteiger partial charge on any atom is -0.495 e. The molecule has 3 fully saturated rings. The number of methoxy groups -OCH3 is 2. The van der Waals surface area contributed by atoms with Crippen LogP contribution in [0.15, 0.2) is 18.2 Å². The first kappa shape index (κ1) is 18.8. The highest BCUT2D eigenvalue weighted by molar-refractivity contribution is 6.03. The molecule has 8 nitrogen and oxygen atoms in total. The van der Waals surface area contributed by atoms with Gasteiger partial charge in [0.05, 0.1) is 26.0 Å². The molecule has 1 amide bonds. The first-order chi connectivity index (χ1) is 13.8. The van der Waals surface area contributed by atoms with E-state index in [2.05, 4.69) is 0 Å². The van der Waals surface area contributed by atoms with Crippen LogP contribution in [0.25, 0.3) is 0 Å². The number of hydrogen-bond donors (Lipinski definition) is 2. The quantitative estimate of drug-likeness (QED) is 0.708. The van der Waals surface area contributed by atoms with Crippen molar-refractivity contribution in [2.24, 2.45) is 17.8 Å². The smallest absolute Gasteiger partial charge is 0.312 e. The summed E-state index contributed by atoms with van der Waals surface area (Å²) in [5.74, 6) is -1.59. The molecule has 4 aliphatic heterocycles. The summed E-state index contributed by atoms with van der Waals surface area (Å²) in [6, 6.07) is 5.37. The zero-order valence-corrected chi connectivity index (χ0v) is 16.8. The molecule has 4 heterocycles. The monoisotopic (exact) mass is 402 g/mol. The van der Waals surface area contributed by atoms with Crippen LogP contribution in [0, 0.1) is 17.8 Å². The third-order valence-electron chi connectivity index (χ3n) is 7.64. The van der Waals surface area contributed by atoms with Gasteiger partial charge in [0.1, 0.15) is 22.9 Å². The Kier molecular flexibility index (Phi) is 3.85. The van der Waals surface area contributed by atoms with Gasteiger partial charge in [0, 0.05) is 31.0 Å². The van der Waals surface area contributed by atoms with Gasteiger partial charge in [-0.25, -0.2) is 0 Å². The van der Waals surface area contributed by atoms with E-state index in [0.29, 0.717) is 36.5 Å². The number of carbonyl (C=O) groups is 2. The minimum absolute atomic E-state index is 0.110. The lowest BCUT2D eigenvalue weighted by molar-refractivity contribution is -0.194. The lowest BCUT2D eigenvalue weighted by Gasteiger charge is -2.61. The molecule has 1 unspecified atom stereocenters. The number of hydrogen-bond acceptors (Lipinski definition) is 7. The number of ether oxygens (including phenoxy) is 2. The van der Waals surface area contributed by atoms with Crippen LogP contribution in [0.5, 0.6) is 5.75 Å². The first-order valence-electron chi connectivity index (χ1n) is 10.1. The van der Waals surface area contributed by atoms with Gasteiger partial charge in [0.15, 0.2) is 0 Å². The SMILES string of the molecule is COC(=O)C1[C@H]2CC(=O)N3c4c(OC)cccc4[C@]4(O)CCN(C[C@@H]2[C@@H](C)O)[C@]134. The zero-order valence-electron chi connectivity index (χ0n) is 16.8. The lowest BCUT2D eigenvalue weighted by Crippen LogP contribution is -2.78. The molecule has 1 aromatic rings. The molecule has 156 valence electrons. The summed E-state index contributed by atoms with van der Waals surface area (Å²) >= 11 is 0. The number of anilines is 1. The van der Waals surface area contributed by atoms with Crippen molar-refractivity contribution in [1.29, 1.82) is 0 Å². The number of para-hydroxylation sites is 1. The van der Waals surface area contributed by atoms with E-state index in [1.165, 1.54) is 14.2 Å². The van der Waals surface area contributed by atoms with E-state index in [-0.39, 0.29) is 18.2 Å². The van der Waals surface area contributed by atoms with Crippen molar-refractivity contribution in [2.45, 2.75) is 37.1 Å². The molecule has 29 heavy (non-hydrogen) atoms. The number of aliphatic hydroxyl groups excluding tert-OH is 1. The Morgan fingerprint density at radius 1 is 1.34 bits per heavy atom. The van der Waals surface area contributed by atoms with Crippen LogP contribution in [0.1, 0.15) is 25.3 Å². The molecule has 3 saturated heterocycles. The van der Waals surface area contributed by atoms with Crippen molar-refractivity contribution in [1.82, 2.24) is 4.90 Å². The topological polar surface area (TPSA) is 99.5 Å². The van der Waals surface area contributed by atoms with Crippen LogP contribution in [-0.2, 0) is 19.9 Å². The predicted molar refractivity (Wildman–Crippen MR) is 102 cm³/mol. The standard InChI is InChI=1S/C21H26N2O6/c1-11(24)13-10-22-8-7-20(27)14-5-4-6-15(28-2)18(14)23-16(25)9-12(13)17(19(26)29-3)21(20,22)23/h4-6,11-13,17,24,27H,7-10H2,1-3H3/t11-,12+,13-,17?,20-,21-/m1/s1. The van der Waals surface area contributed by atoms with Crippen LogP contribution in [0.2, 0.25) is 0 Å². The molecule has 0 saturated carbocycles. The Labute approximate surface area is 169 Å². The van der Waals surface area contributed by atoms with Crippen molar-refractivity contribution >= 4 is 17.6 Å². The Morgan fingerprint density at radius 2 is 2.10 bits per heavy atom. The van der Waals surface area contributed by atoms with Gasteiger partial charge in [-0.05, 0) is 25.3 Å². The summed E-state index contributed by atoms with van der Waals surface area (Å²) in [7, 11) is 2.86. The average molecular weight is 402 g/mol. The molecule has 6 atom stereocenters. The van der Waals surface area contributed by atoms with E-state index >= 15 is 0 Å². The Hall–Kier alpha value is -2.16. The van der Waals surface area contributed by atoms with E-state index in [1.807, 2.05) is 11.0 Å². The Balaban J connectivity index is 1.82. The molecule has 2 bridgehead atoms. The number of rotatable bonds is 3. The van der Waals surface area contributed by atoms with Crippen LogP contribution in [0.4, 0.5) is 5.69 Å². The highest BCUT2D eigenvalue weighted by Gasteiger charge is 2.79. The van der Waals surface area contributed by atoms with Crippen LogP contribution in [-0.4, -0.2) is 66.1 Å². The fourth-order valence-corrected chi connectivity index (χ4v) is 6.61. The molecule has 2 N–H and O–H groups in total. The number of fused-ring (bicyclic) bond motifs is 4.